The van der Waals surface area contributed by atoms with Crippen molar-refractivity contribution in [2.75, 3.05) is 0 Å². The van der Waals surface area contributed by atoms with Gasteiger partial charge in [0, 0.05) is 11.3 Å². The van der Waals surface area contributed by atoms with Gasteiger partial charge in [-0.05, 0) is 33.6 Å². The molecule has 0 aromatic heterocycles. The Balaban J connectivity index is 2.25. The van der Waals surface area contributed by atoms with Crippen molar-refractivity contribution in [2.24, 2.45) is 0 Å². The van der Waals surface area contributed by atoms with Gasteiger partial charge in [-0.3, -0.25) is 4.79 Å². The van der Waals surface area contributed by atoms with Crippen LogP contribution in [0.1, 0.15) is 46.5 Å². The highest BCUT2D eigenvalue weighted by molar-refractivity contribution is 8.01. The summed E-state index contributed by atoms with van der Waals surface area (Å²) in [5.41, 5.74) is 0. The number of carbonyl (C=O) groups is 1. The molecule has 0 bridgehead atoms. The highest BCUT2D eigenvalue weighted by Crippen LogP contribution is 2.32. The predicted octanol–water partition coefficient (Wildman–Crippen LogP) is 2.58. The van der Waals surface area contributed by atoms with Crippen LogP contribution >= 0.6 is 11.8 Å². The SMILES string of the molecule is CC(C)NC(=O)[C@H](C)SC1CCCC1. The van der Waals surface area contributed by atoms with Crippen LogP contribution in [-0.4, -0.2) is 22.4 Å². The van der Waals surface area contributed by atoms with E-state index in [-0.39, 0.29) is 17.2 Å². The van der Waals surface area contributed by atoms with Gasteiger partial charge in [-0.1, -0.05) is 12.8 Å². The van der Waals surface area contributed by atoms with Gasteiger partial charge in [-0.25, -0.2) is 0 Å². The minimum Gasteiger partial charge on any atom is -0.353 e. The first-order chi connectivity index (χ1) is 6.59. The van der Waals surface area contributed by atoms with E-state index in [0.717, 1.165) is 5.25 Å². The maximum absolute atomic E-state index is 11.6. The summed E-state index contributed by atoms with van der Waals surface area (Å²) in [4.78, 5) is 11.6. The third kappa shape index (κ3) is 3.91. The minimum absolute atomic E-state index is 0.112. The number of carbonyl (C=O) groups excluding carboxylic acids is 1. The van der Waals surface area contributed by atoms with Gasteiger partial charge in [-0.15, -0.1) is 11.8 Å². The fourth-order valence-electron chi connectivity index (χ4n) is 1.78. The van der Waals surface area contributed by atoms with E-state index in [1.165, 1.54) is 25.7 Å². The summed E-state index contributed by atoms with van der Waals surface area (Å²) in [5.74, 6) is 0.192. The quantitative estimate of drug-likeness (QED) is 0.781. The Hall–Kier alpha value is -0.180. The van der Waals surface area contributed by atoms with E-state index in [0.29, 0.717) is 0 Å². The molecule has 0 aromatic carbocycles. The summed E-state index contributed by atoms with van der Waals surface area (Å²) in [6.07, 6.45) is 5.28. The Morgan fingerprint density at radius 1 is 1.29 bits per heavy atom. The molecule has 0 unspecified atom stereocenters. The lowest BCUT2D eigenvalue weighted by Gasteiger charge is -2.17. The van der Waals surface area contributed by atoms with Crippen LogP contribution in [0.3, 0.4) is 0 Å². The molecule has 1 N–H and O–H groups in total. The number of rotatable bonds is 4. The van der Waals surface area contributed by atoms with E-state index in [9.17, 15) is 4.79 Å². The molecule has 0 heterocycles. The molecule has 0 aliphatic heterocycles. The van der Waals surface area contributed by atoms with Crippen molar-refractivity contribution in [3.63, 3.8) is 0 Å². The van der Waals surface area contributed by atoms with Gasteiger partial charge >= 0.3 is 0 Å². The summed E-state index contributed by atoms with van der Waals surface area (Å²) < 4.78 is 0. The summed E-state index contributed by atoms with van der Waals surface area (Å²) in [5, 5.41) is 3.79. The van der Waals surface area contributed by atoms with Gasteiger partial charge in [0.1, 0.15) is 0 Å². The summed E-state index contributed by atoms with van der Waals surface area (Å²) in [7, 11) is 0. The second-order valence-electron chi connectivity index (χ2n) is 4.35. The molecule has 1 atom stereocenters. The molecule has 14 heavy (non-hydrogen) atoms. The van der Waals surface area contributed by atoms with Crippen molar-refractivity contribution in [1.29, 1.82) is 0 Å². The van der Waals surface area contributed by atoms with Crippen LogP contribution in [0.15, 0.2) is 0 Å². The number of amides is 1. The first-order valence-corrected chi connectivity index (χ1v) is 6.49. The summed E-state index contributed by atoms with van der Waals surface area (Å²) >= 11 is 1.85. The molecule has 1 rings (SSSR count). The molecule has 0 aromatic rings. The molecule has 1 aliphatic rings. The third-order valence-electron chi connectivity index (χ3n) is 2.50. The minimum atomic E-state index is 0.112. The molecule has 1 amide bonds. The van der Waals surface area contributed by atoms with Crippen LogP contribution in [0.5, 0.6) is 0 Å². The van der Waals surface area contributed by atoms with Crippen molar-refractivity contribution in [2.45, 2.75) is 63.0 Å². The molecule has 82 valence electrons. The van der Waals surface area contributed by atoms with Gasteiger partial charge in [0.25, 0.3) is 0 Å². The molecule has 1 saturated carbocycles. The lowest BCUT2D eigenvalue weighted by Crippen LogP contribution is -2.36. The van der Waals surface area contributed by atoms with Crippen molar-refractivity contribution in [3.8, 4) is 0 Å². The number of hydrogen-bond acceptors (Lipinski definition) is 2. The molecule has 1 fully saturated rings. The highest BCUT2D eigenvalue weighted by Gasteiger charge is 2.22. The lowest BCUT2D eigenvalue weighted by atomic mass is 10.3. The Labute approximate surface area is 91.2 Å². The van der Waals surface area contributed by atoms with E-state index in [1.54, 1.807) is 0 Å². The van der Waals surface area contributed by atoms with Crippen molar-refractivity contribution in [3.05, 3.63) is 0 Å². The summed E-state index contributed by atoms with van der Waals surface area (Å²) in [6.45, 7) is 6.02. The van der Waals surface area contributed by atoms with Crippen LogP contribution in [0.2, 0.25) is 0 Å². The molecular formula is C11H21NOS. The van der Waals surface area contributed by atoms with Crippen LogP contribution in [0, 0.1) is 0 Å². The molecule has 3 heteroatoms. The van der Waals surface area contributed by atoms with E-state index in [4.69, 9.17) is 0 Å². The second kappa shape index (κ2) is 5.64. The zero-order valence-corrected chi connectivity index (χ0v) is 10.2. The first kappa shape index (κ1) is 11.9. The van der Waals surface area contributed by atoms with Crippen LogP contribution in [-0.2, 0) is 4.79 Å². The molecule has 1 aliphatic carbocycles. The van der Waals surface area contributed by atoms with E-state index in [1.807, 2.05) is 32.5 Å². The van der Waals surface area contributed by atoms with Crippen LogP contribution in [0.4, 0.5) is 0 Å². The predicted molar refractivity (Wildman–Crippen MR) is 62.6 cm³/mol. The Morgan fingerprint density at radius 2 is 1.86 bits per heavy atom. The van der Waals surface area contributed by atoms with Crippen LogP contribution in [0.25, 0.3) is 0 Å². The average Bonchev–Trinajstić information content (AvgIpc) is 2.55. The lowest BCUT2D eigenvalue weighted by molar-refractivity contribution is -0.120. The number of thioether (sulfide) groups is 1. The normalized spacial score (nSPS) is 20.0. The Bertz CT molecular complexity index is 188. The van der Waals surface area contributed by atoms with Crippen molar-refractivity contribution >= 4 is 17.7 Å². The van der Waals surface area contributed by atoms with Gasteiger partial charge in [-0.2, -0.15) is 0 Å². The van der Waals surface area contributed by atoms with Crippen LogP contribution < -0.4 is 5.32 Å². The zero-order chi connectivity index (χ0) is 10.6. The smallest absolute Gasteiger partial charge is 0.233 e. The average molecular weight is 215 g/mol. The van der Waals surface area contributed by atoms with Gasteiger partial charge in [0.2, 0.25) is 5.91 Å². The fraction of sp³-hybridized carbons (Fsp3) is 0.909. The van der Waals surface area contributed by atoms with Crippen molar-refractivity contribution in [1.82, 2.24) is 5.32 Å². The van der Waals surface area contributed by atoms with E-state index >= 15 is 0 Å². The van der Waals surface area contributed by atoms with E-state index < -0.39 is 0 Å². The van der Waals surface area contributed by atoms with E-state index in [2.05, 4.69) is 5.32 Å². The molecule has 0 spiro atoms. The maximum atomic E-state index is 11.6. The van der Waals surface area contributed by atoms with Gasteiger partial charge in [0.15, 0.2) is 0 Å². The monoisotopic (exact) mass is 215 g/mol. The summed E-state index contributed by atoms with van der Waals surface area (Å²) in [6, 6.07) is 0.258. The number of nitrogens with one attached hydrogen (secondary N) is 1. The third-order valence-corrected chi connectivity index (χ3v) is 3.98. The first-order valence-electron chi connectivity index (χ1n) is 5.55. The number of hydrogen-bond donors (Lipinski definition) is 1. The maximum Gasteiger partial charge on any atom is 0.233 e. The Kier molecular flexibility index (Phi) is 4.79. The molecule has 2 nitrogen and oxygen atoms in total. The zero-order valence-electron chi connectivity index (χ0n) is 9.38. The standard InChI is InChI=1S/C11H21NOS/c1-8(2)12-11(13)9(3)14-10-6-4-5-7-10/h8-10H,4-7H2,1-3H3,(H,12,13)/t9-/m0/s1. The topological polar surface area (TPSA) is 29.1 Å². The highest BCUT2D eigenvalue weighted by atomic mass is 32.2. The van der Waals surface area contributed by atoms with Gasteiger partial charge in [0.05, 0.1) is 5.25 Å². The largest absolute Gasteiger partial charge is 0.353 e. The van der Waals surface area contributed by atoms with Crippen molar-refractivity contribution < 1.29 is 4.79 Å². The molecule has 0 radical (unpaired) electrons. The molecule has 0 saturated heterocycles. The van der Waals surface area contributed by atoms with Gasteiger partial charge < -0.3 is 5.32 Å². The second-order valence-corrected chi connectivity index (χ2v) is 5.99. The fourth-order valence-corrected chi connectivity index (χ4v) is 3.15. The molecular weight excluding hydrogens is 194 g/mol. The Morgan fingerprint density at radius 3 is 2.36 bits per heavy atom.